The van der Waals surface area contributed by atoms with Crippen LogP contribution < -0.4 is 0 Å². The topological polar surface area (TPSA) is 75.3 Å². The van der Waals surface area contributed by atoms with Gasteiger partial charge in [-0.05, 0) is 30.5 Å². The van der Waals surface area contributed by atoms with E-state index in [0.717, 1.165) is 5.39 Å². The Balaban J connectivity index is 2.65. The maximum atomic E-state index is 11.6. The number of hydrogen-bond acceptors (Lipinski definition) is 3. The first-order chi connectivity index (χ1) is 9.43. The molecular formula is C14H17ClN2O3. The normalized spacial score (nSPS) is 13.1. The molecule has 0 bridgehead atoms. The first-order valence-corrected chi connectivity index (χ1v) is 6.81. The minimum atomic E-state index is -0.937. The average molecular weight is 297 g/mol. The van der Waals surface area contributed by atoms with Crippen molar-refractivity contribution in [2.45, 2.75) is 32.9 Å². The average Bonchev–Trinajstić information content (AvgIpc) is 2.73. The van der Waals surface area contributed by atoms with E-state index in [9.17, 15) is 15.0 Å². The molecule has 108 valence electrons. The van der Waals surface area contributed by atoms with E-state index in [1.165, 1.54) is 0 Å². The quantitative estimate of drug-likeness (QED) is 0.832. The summed E-state index contributed by atoms with van der Waals surface area (Å²) in [4.78, 5) is 15.8. The summed E-state index contributed by atoms with van der Waals surface area (Å²) < 4.78 is 1.57. The second-order valence-electron chi connectivity index (χ2n) is 5.19. The van der Waals surface area contributed by atoms with E-state index >= 15 is 0 Å². The van der Waals surface area contributed by atoms with Crippen molar-refractivity contribution in [3.05, 3.63) is 29.0 Å². The summed E-state index contributed by atoms with van der Waals surface area (Å²) in [5.41, 5.74) is 1.03. The lowest BCUT2D eigenvalue weighted by atomic mass is 10.0. The Bertz CT molecular complexity index is 637. The number of nitrogens with zero attached hydrogens (tertiary/aromatic N) is 2. The molecule has 6 heteroatoms. The number of aliphatic hydroxyl groups excluding tert-OH is 1. The zero-order valence-electron chi connectivity index (χ0n) is 11.4. The zero-order valence-corrected chi connectivity index (χ0v) is 12.1. The van der Waals surface area contributed by atoms with Crippen LogP contribution in [0.4, 0.5) is 0 Å². The number of pyridine rings is 1. The standard InChI is InChI=1S/C14H17ClN2O3/c1-8(2)5-11(14(19)20)17-10(7-18)6-9-3-4-12(15)16-13(9)17/h3-4,6,8,11,18H,5,7H2,1-2H3,(H,19,20). The number of carboxylic acid groups (broad SMARTS) is 1. The Morgan fingerprint density at radius 3 is 2.70 bits per heavy atom. The highest BCUT2D eigenvalue weighted by Gasteiger charge is 2.25. The van der Waals surface area contributed by atoms with Gasteiger partial charge in [-0.15, -0.1) is 0 Å². The predicted molar refractivity (Wildman–Crippen MR) is 76.8 cm³/mol. The lowest BCUT2D eigenvalue weighted by molar-refractivity contribution is -0.141. The number of aromatic nitrogens is 2. The molecule has 0 spiro atoms. The van der Waals surface area contributed by atoms with Crippen molar-refractivity contribution in [2.24, 2.45) is 5.92 Å². The fourth-order valence-corrected chi connectivity index (χ4v) is 2.50. The number of aliphatic carboxylic acids is 1. The Labute approximate surface area is 121 Å². The molecule has 5 nitrogen and oxygen atoms in total. The first kappa shape index (κ1) is 14.8. The molecule has 0 fully saturated rings. The van der Waals surface area contributed by atoms with E-state index < -0.39 is 12.0 Å². The van der Waals surface area contributed by atoms with Gasteiger partial charge in [-0.25, -0.2) is 9.78 Å². The molecule has 2 rings (SSSR count). The Kier molecular flexibility index (Phi) is 4.30. The number of halogens is 1. The van der Waals surface area contributed by atoms with Crippen molar-refractivity contribution in [1.29, 1.82) is 0 Å². The van der Waals surface area contributed by atoms with Gasteiger partial charge in [0, 0.05) is 11.1 Å². The summed E-state index contributed by atoms with van der Waals surface area (Å²) in [6.07, 6.45) is 0.459. The number of carboxylic acids is 1. The van der Waals surface area contributed by atoms with Crippen LogP contribution in [0, 0.1) is 5.92 Å². The molecule has 0 saturated heterocycles. The van der Waals surface area contributed by atoms with Crippen LogP contribution in [0.25, 0.3) is 11.0 Å². The summed E-state index contributed by atoms with van der Waals surface area (Å²) in [5.74, 6) is -0.730. The van der Waals surface area contributed by atoms with Crippen molar-refractivity contribution < 1.29 is 15.0 Å². The van der Waals surface area contributed by atoms with Gasteiger partial charge in [0.05, 0.1) is 6.61 Å². The zero-order chi connectivity index (χ0) is 14.9. The van der Waals surface area contributed by atoms with E-state index in [4.69, 9.17) is 11.6 Å². The molecule has 0 aliphatic rings. The van der Waals surface area contributed by atoms with E-state index in [1.54, 1.807) is 22.8 Å². The Morgan fingerprint density at radius 1 is 1.45 bits per heavy atom. The number of hydrogen-bond donors (Lipinski definition) is 2. The fraction of sp³-hybridized carbons (Fsp3) is 0.429. The lowest BCUT2D eigenvalue weighted by Gasteiger charge is -2.19. The minimum Gasteiger partial charge on any atom is -0.480 e. The van der Waals surface area contributed by atoms with Crippen molar-refractivity contribution in [3.8, 4) is 0 Å². The summed E-state index contributed by atoms with van der Waals surface area (Å²) in [6.45, 7) is 3.68. The summed E-state index contributed by atoms with van der Waals surface area (Å²) in [6, 6.07) is 4.40. The smallest absolute Gasteiger partial charge is 0.326 e. The molecule has 0 saturated carbocycles. The van der Waals surface area contributed by atoms with Crippen LogP contribution in [0.5, 0.6) is 0 Å². The monoisotopic (exact) mass is 296 g/mol. The van der Waals surface area contributed by atoms with Crippen LogP contribution in [0.2, 0.25) is 5.15 Å². The van der Waals surface area contributed by atoms with Crippen LogP contribution in [0.15, 0.2) is 18.2 Å². The van der Waals surface area contributed by atoms with Crippen molar-refractivity contribution in [2.75, 3.05) is 0 Å². The van der Waals surface area contributed by atoms with Crippen LogP contribution in [0.1, 0.15) is 32.0 Å². The summed E-state index contributed by atoms with van der Waals surface area (Å²) >= 11 is 5.90. The highest BCUT2D eigenvalue weighted by Crippen LogP contribution is 2.28. The number of rotatable bonds is 5. The lowest BCUT2D eigenvalue weighted by Crippen LogP contribution is -2.23. The largest absolute Gasteiger partial charge is 0.480 e. The molecule has 20 heavy (non-hydrogen) atoms. The van der Waals surface area contributed by atoms with Gasteiger partial charge in [0.15, 0.2) is 0 Å². The maximum Gasteiger partial charge on any atom is 0.326 e. The van der Waals surface area contributed by atoms with Crippen molar-refractivity contribution >= 4 is 28.6 Å². The molecule has 2 aromatic heterocycles. The van der Waals surface area contributed by atoms with E-state index in [2.05, 4.69) is 4.98 Å². The minimum absolute atomic E-state index is 0.208. The third kappa shape index (κ3) is 2.78. The van der Waals surface area contributed by atoms with Gasteiger partial charge < -0.3 is 14.8 Å². The fourth-order valence-electron chi connectivity index (χ4n) is 2.36. The van der Waals surface area contributed by atoms with Gasteiger partial charge >= 0.3 is 5.97 Å². The molecule has 2 heterocycles. The molecule has 0 aliphatic carbocycles. The van der Waals surface area contributed by atoms with Crippen molar-refractivity contribution in [3.63, 3.8) is 0 Å². The summed E-state index contributed by atoms with van der Waals surface area (Å²) in [5, 5.41) is 20.0. The predicted octanol–water partition coefficient (Wildman–Crippen LogP) is 2.85. The highest BCUT2D eigenvalue weighted by atomic mass is 35.5. The Morgan fingerprint density at radius 2 is 2.15 bits per heavy atom. The van der Waals surface area contributed by atoms with Crippen LogP contribution in [-0.2, 0) is 11.4 Å². The Hall–Kier alpha value is -1.59. The first-order valence-electron chi connectivity index (χ1n) is 6.44. The van der Waals surface area contributed by atoms with Crippen LogP contribution >= 0.6 is 11.6 Å². The third-order valence-corrected chi connectivity index (χ3v) is 3.39. The van der Waals surface area contributed by atoms with Crippen molar-refractivity contribution in [1.82, 2.24) is 9.55 Å². The molecule has 1 atom stereocenters. The highest BCUT2D eigenvalue weighted by molar-refractivity contribution is 6.29. The molecule has 0 amide bonds. The molecule has 0 radical (unpaired) electrons. The molecule has 1 unspecified atom stereocenters. The van der Waals surface area contributed by atoms with E-state index in [0.29, 0.717) is 22.9 Å². The second-order valence-corrected chi connectivity index (χ2v) is 5.58. The van der Waals surface area contributed by atoms with Crippen LogP contribution in [-0.4, -0.2) is 25.7 Å². The number of fused-ring (bicyclic) bond motifs is 1. The van der Waals surface area contributed by atoms with Crippen LogP contribution in [0.3, 0.4) is 0 Å². The third-order valence-electron chi connectivity index (χ3n) is 3.18. The van der Waals surface area contributed by atoms with E-state index in [-0.39, 0.29) is 12.5 Å². The molecular weight excluding hydrogens is 280 g/mol. The molecule has 2 aromatic rings. The van der Waals surface area contributed by atoms with Gasteiger partial charge in [0.1, 0.15) is 16.8 Å². The number of carbonyl (C=O) groups is 1. The SMILES string of the molecule is CC(C)CC(C(=O)O)n1c(CO)cc2ccc(Cl)nc21. The number of aliphatic hydroxyl groups is 1. The van der Waals surface area contributed by atoms with Gasteiger partial charge in [0.2, 0.25) is 0 Å². The van der Waals surface area contributed by atoms with Gasteiger partial charge in [-0.3, -0.25) is 0 Å². The van der Waals surface area contributed by atoms with Gasteiger partial charge in [-0.2, -0.15) is 0 Å². The van der Waals surface area contributed by atoms with Gasteiger partial charge in [0.25, 0.3) is 0 Å². The maximum absolute atomic E-state index is 11.6. The molecule has 2 N–H and O–H groups in total. The summed E-state index contributed by atoms with van der Waals surface area (Å²) in [7, 11) is 0. The van der Waals surface area contributed by atoms with E-state index in [1.807, 2.05) is 13.8 Å². The molecule has 0 aliphatic heterocycles. The van der Waals surface area contributed by atoms with Gasteiger partial charge in [-0.1, -0.05) is 25.4 Å². The second kappa shape index (κ2) is 5.81. The molecule has 0 aromatic carbocycles.